The first-order valence-electron chi connectivity index (χ1n) is 13.5. The van der Waals surface area contributed by atoms with E-state index in [1.807, 2.05) is 6.07 Å². The lowest BCUT2D eigenvalue weighted by Gasteiger charge is -2.40. The van der Waals surface area contributed by atoms with E-state index in [9.17, 15) is 23.6 Å². The average molecular weight is 561 g/mol. The molecule has 214 valence electrons. The summed E-state index contributed by atoms with van der Waals surface area (Å²) in [5, 5.41) is 5.20. The first kappa shape index (κ1) is 29.5. The highest BCUT2D eigenvalue weighted by atomic mass is 19.1. The fourth-order valence-electron chi connectivity index (χ4n) is 5.16. The van der Waals surface area contributed by atoms with Crippen LogP contribution in [-0.2, 0) is 19.9 Å². The number of rotatable bonds is 10. The van der Waals surface area contributed by atoms with Crippen LogP contribution >= 0.6 is 0 Å². The number of halogens is 1. The van der Waals surface area contributed by atoms with Crippen LogP contribution in [0.4, 0.5) is 10.1 Å². The summed E-state index contributed by atoms with van der Waals surface area (Å²) in [6, 6.07) is 12.7. The number of nitrogens with one attached hydrogen (secondary N) is 2. The molecule has 1 aliphatic rings. The number of hydrogen-bond acceptors (Lipinski definition) is 7. The Labute approximate surface area is 237 Å². The highest BCUT2D eigenvalue weighted by molar-refractivity contribution is 5.97. The molecular weight excluding hydrogens is 527 g/mol. The normalized spacial score (nSPS) is 18.4. The van der Waals surface area contributed by atoms with Gasteiger partial charge in [0.25, 0.3) is 5.91 Å². The fraction of sp³-hybridized carbons (Fsp3) is 0.333. The lowest BCUT2D eigenvalue weighted by Crippen LogP contribution is -2.56. The molecule has 2 aromatic carbocycles. The topological polar surface area (TPSA) is 147 Å². The summed E-state index contributed by atoms with van der Waals surface area (Å²) >= 11 is 0. The van der Waals surface area contributed by atoms with Gasteiger partial charge in [-0.15, -0.1) is 0 Å². The van der Waals surface area contributed by atoms with Crippen molar-refractivity contribution in [2.45, 2.75) is 50.2 Å². The highest BCUT2D eigenvalue weighted by Crippen LogP contribution is 2.38. The van der Waals surface area contributed by atoms with Gasteiger partial charge in [0.15, 0.2) is 0 Å². The van der Waals surface area contributed by atoms with Crippen LogP contribution in [0.3, 0.4) is 0 Å². The Morgan fingerprint density at radius 1 is 1.12 bits per heavy atom. The zero-order chi connectivity index (χ0) is 29.4. The van der Waals surface area contributed by atoms with Gasteiger partial charge in [-0.05, 0) is 56.0 Å². The van der Waals surface area contributed by atoms with Crippen LogP contribution in [0.2, 0.25) is 0 Å². The third kappa shape index (κ3) is 6.98. The minimum Gasteiger partial charge on any atom is -0.345 e. The summed E-state index contributed by atoms with van der Waals surface area (Å²) in [6.07, 6.45) is 6.47. The smallest absolute Gasteiger partial charge is 0.272 e. The minimum absolute atomic E-state index is 0.0433. The van der Waals surface area contributed by atoms with Crippen molar-refractivity contribution < 1.29 is 23.6 Å². The fourth-order valence-corrected chi connectivity index (χ4v) is 5.16. The van der Waals surface area contributed by atoms with E-state index in [2.05, 4.69) is 20.6 Å². The van der Waals surface area contributed by atoms with Crippen molar-refractivity contribution in [3.05, 3.63) is 90.3 Å². The van der Waals surface area contributed by atoms with E-state index >= 15 is 0 Å². The van der Waals surface area contributed by atoms with Crippen molar-refractivity contribution in [3.8, 4) is 0 Å². The second-order valence-electron chi connectivity index (χ2n) is 10.2. The van der Waals surface area contributed by atoms with Crippen molar-refractivity contribution in [2.24, 2.45) is 11.7 Å². The Hall–Kier alpha value is -4.51. The molecule has 1 fully saturated rings. The molecule has 0 saturated carbocycles. The van der Waals surface area contributed by atoms with Gasteiger partial charge in [0.05, 0.1) is 23.7 Å². The summed E-state index contributed by atoms with van der Waals surface area (Å²) in [6.45, 7) is 1.93. The molecule has 4 atom stereocenters. The van der Waals surface area contributed by atoms with Gasteiger partial charge in [-0.1, -0.05) is 36.8 Å². The molecule has 2 heterocycles. The molecule has 1 saturated heterocycles. The monoisotopic (exact) mass is 560 g/mol. The molecule has 0 aliphatic carbocycles. The second kappa shape index (κ2) is 13.2. The van der Waals surface area contributed by atoms with Gasteiger partial charge in [0.1, 0.15) is 23.8 Å². The summed E-state index contributed by atoms with van der Waals surface area (Å²) < 4.78 is 13.6. The minimum atomic E-state index is -1.33. The number of aldehydes is 1. The SMILES string of the molecule is C[C@H](NC(=O)c1cnccn1)C(=O)NC(C=O)C[C@@](N)(c1ccccc1)C1CCCCN(c2ccc(F)cc2)C1=O. The largest absolute Gasteiger partial charge is 0.345 e. The highest BCUT2D eigenvalue weighted by Gasteiger charge is 2.45. The Balaban J connectivity index is 1.57. The zero-order valence-corrected chi connectivity index (χ0v) is 22.7. The molecule has 0 radical (unpaired) electrons. The third-order valence-corrected chi connectivity index (χ3v) is 7.35. The van der Waals surface area contributed by atoms with Gasteiger partial charge >= 0.3 is 0 Å². The predicted molar refractivity (Wildman–Crippen MR) is 150 cm³/mol. The Kier molecular flexibility index (Phi) is 9.51. The number of anilines is 1. The number of nitrogens with two attached hydrogens (primary N) is 1. The Morgan fingerprint density at radius 3 is 2.51 bits per heavy atom. The van der Waals surface area contributed by atoms with Gasteiger partial charge in [-0.25, -0.2) is 9.37 Å². The summed E-state index contributed by atoms with van der Waals surface area (Å²) in [7, 11) is 0. The molecule has 41 heavy (non-hydrogen) atoms. The second-order valence-corrected chi connectivity index (χ2v) is 10.2. The van der Waals surface area contributed by atoms with E-state index in [0.29, 0.717) is 36.9 Å². The van der Waals surface area contributed by atoms with E-state index in [4.69, 9.17) is 5.73 Å². The van der Waals surface area contributed by atoms with E-state index in [1.54, 1.807) is 41.3 Å². The first-order chi connectivity index (χ1) is 19.7. The van der Waals surface area contributed by atoms with Crippen LogP contribution in [0.15, 0.2) is 73.2 Å². The van der Waals surface area contributed by atoms with E-state index in [-0.39, 0.29) is 18.0 Å². The lowest BCUT2D eigenvalue weighted by molar-refractivity contribution is -0.126. The molecule has 0 spiro atoms. The Morgan fingerprint density at radius 2 is 1.85 bits per heavy atom. The molecule has 2 unspecified atom stereocenters. The summed E-state index contributed by atoms with van der Waals surface area (Å²) in [5.74, 6) is -2.57. The molecule has 3 aromatic rings. The van der Waals surface area contributed by atoms with Crippen LogP contribution < -0.4 is 21.3 Å². The van der Waals surface area contributed by atoms with Crippen LogP contribution in [0, 0.1) is 11.7 Å². The quantitative estimate of drug-likeness (QED) is 0.323. The summed E-state index contributed by atoms with van der Waals surface area (Å²) in [5.41, 5.74) is 7.02. The number of amides is 3. The predicted octanol–water partition coefficient (Wildman–Crippen LogP) is 2.50. The van der Waals surface area contributed by atoms with Crippen LogP contribution in [-0.4, -0.2) is 52.6 Å². The molecule has 3 amide bonds. The third-order valence-electron chi connectivity index (χ3n) is 7.35. The van der Waals surface area contributed by atoms with E-state index in [0.717, 1.165) is 6.42 Å². The molecule has 4 N–H and O–H groups in total. The van der Waals surface area contributed by atoms with E-state index in [1.165, 1.54) is 37.6 Å². The number of hydrogen-bond donors (Lipinski definition) is 3. The van der Waals surface area contributed by atoms with Gasteiger partial charge in [-0.2, -0.15) is 0 Å². The van der Waals surface area contributed by atoms with Crippen molar-refractivity contribution in [1.82, 2.24) is 20.6 Å². The average Bonchev–Trinajstić information content (AvgIpc) is 3.19. The molecule has 1 aromatic heterocycles. The zero-order valence-electron chi connectivity index (χ0n) is 22.7. The molecule has 1 aliphatic heterocycles. The number of aromatic nitrogens is 2. The summed E-state index contributed by atoms with van der Waals surface area (Å²) in [4.78, 5) is 61.1. The van der Waals surface area contributed by atoms with Gasteiger partial charge < -0.3 is 26.1 Å². The van der Waals surface area contributed by atoms with Crippen molar-refractivity contribution in [1.29, 1.82) is 0 Å². The molecule has 10 nitrogen and oxygen atoms in total. The number of carbonyl (C=O) groups excluding carboxylic acids is 4. The standard InChI is InChI=1S/C30H33FN6O4/c1-20(35-28(40)26-18-33-14-15-34-26)27(39)36-23(19-38)17-30(32,21-7-3-2-4-8-21)25-9-5-6-16-37(29(25)41)24-12-10-22(31)11-13-24/h2-4,7-8,10-15,18-20,23,25H,5-6,9,16-17,32H2,1H3,(H,35,40)(H,36,39)/t20-,23?,25?,30+/m0/s1. The molecular formula is C30H33FN6O4. The van der Waals surface area contributed by atoms with Gasteiger partial charge in [0, 0.05) is 24.6 Å². The van der Waals surface area contributed by atoms with Crippen LogP contribution in [0.25, 0.3) is 0 Å². The van der Waals surface area contributed by atoms with Crippen molar-refractivity contribution in [3.63, 3.8) is 0 Å². The maximum Gasteiger partial charge on any atom is 0.272 e. The number of nitrogens with zero attached hydrogens (tertiary/aromatic N) is 3. The van der Waals surface area contributed by atoms with Crippen LogP contribution in [0.1, 0.15) is 48.7 Å². The van der Waals surface area contributed by atoms with Crippen molar-refractivity contribution in [2.75, 3.05) is 11.4 Å². The van der Waals surface area contributed by atoms with Crippen molar-refractivity contribution >= 4 is 29.7 Å². The first-order valence-corrected chi connectivity index (χ1v) is 13.5. The number of carbonyl (C=O) groups is 4. The van der Waals surface area contributed by atoms with Gasteiger partial charge in [-0.3, -0.25) is 19.4 Å². The number of benzene rings is 2. The van der Waals surface area contributed by atoms with Crippen LogP contribution in [0.5, 0.6) is 0 Å². The lowest BCUT2D eigenvalue weighted by atomic mass is 9.72. The molecule has 4 rings (SSSR count). The van der Waals surface area contributed by atoms with Gasteiger partial charge in [0.2, 0.25) is 11.8 Å². The maximum absolute atomic E-state index is 14.0. The molecule has 11 heteroatoms. The Bertz CT molecular complexity index is 1360. The maximum atomic E-state index is 14.0. The van der Waals surface area contributed by atoms with E-state index < -0.39 is 41.2 Å². The molecule has 0 bridgehead atoms.